The molecule has 1 aliphatic heterocycles. The molecule has 0 N–H and O–H groups in total. The van der Waals surface area contributed by atoms with E-state index < -0.39 is 0 Å². The molecule has 2 aliphatic rings. The zero-order valence-electron chi connectivity index (χ0n) is 44.9. The lowest BCUT2D eigenvalue weighted by atomic mass is 9.78. The average molecular weight is 947 g/mol. The summed E-state index contributed by atoms with van der Waals surface area (Å²) in [5.74, 6) is 2.52. The van der Waals surface area contributed by atoms with Gasteiger partial charge >= 0.3 is 0 Å². The van der Waals surface area contributed by atoms with E-state index in [4.69, 9.17) is 9.72 Å². The van der Waals surface area contributed by atoms with Crippen molar-refractivity contribution in [3.63, 3.8) is 0 Å². The van der Waals surface area contributed by atoms with E-state index in [2.05, 4.69) is 263 Å². The Bertz CT molecular complexity index is 3580. The highest BCUT2D eigenvalue weighted by molar-refractivity contribution is 6.16. The van der Waals surface area contributed by atoms with E-state index in [1.807, 2.05) is 6.20 Å². The second kappa shape index (κ2) is 16.5. The molecule has 1 aliphatic carbocycles. The Hall–Kier alpha value is -7.11. The van der Waals surface area contributed by atoms with Gasteiger partial charge in [-0.15, -0.1) is 0 Å². The maximum Gasteiger partial charge on any atom is 0.137 e. The molecule has 364 valence electrons. The minimum Gasteiger partial charge on any atom is -0.457 e. The second-order valence-corrected chi connectivity index (χ2v) is 25.1. The van der Waals surface area contributed by atoms with Crippen LogP contribution in [0.5, 0.6) is 11.5 Å². The summed E-state index contributed by atoms with van der Waals surface area (Å²) in [5, 5.41) is 2.59. The standard InChI is InChI=1S/C67H70N4O/c1-63(2,3)44-22-17-21-42(33-44)51-25-19-26-52(43-34-46(65(7,8)9)36-47(35-43)66(10,11)12)62(51)70-41-69(55-28-15-16-29-56(55)70)48-23-18-24-49(38-48)72-50-39-54-61-58(40-50)71(59-37-45(31-32-68-59)64(4,5)6)57-30-20-27-53(60(57)61)67(54,13)14/h15-40H,41H2,1-14H3. The van der Waals surface area contributed by atoms with E-state index in [1.54, 1.807) is 0 Å². The van der Waals surface area contributed by atoms with Crippen LogP contribution in [0.3, 0.4) is 0 Å². The average Bonchev–Trinajstić information content (AvgIpc) is 3.96. The Morgan fingerprint density at radius 3 is 1.72 bits per heavy atom. The van der Waals surface area contributed by atoms with E-state index in [-0.39, 0.29) is 27.1 Å². The quantitative estimate of drug-likeness (QED) is 0.159. The fourth-order valence-electron chi connectivity index (χ4n) is 11.2. The van der Waals surface area contributed by atoms with Crippen LogP contribution in [0.25, 0.3) is 49.9 Å². The van der Waals surface area contributed by atoms with E-state index in [0.29, 0.717) is 6.67 Å². The highest BCUT2D eigenvalue weighted by Crippen LogP contribution is 2.54. The first-order valence-corrected chi connectivity index (χ1v) is 25.9. The first-order chi connectivity index (χ1) is 34.0. The fraction of sp³-hybridized carbons (Fsp3) is 0.299. The molecule has 72 heavy (non-hydrogen) atoms. The number of rotatable bonds is 7. The van der Waals surface area contributed by atoms with Crippen molar-refractivity contribution in [2.75, 3.05) is 16.5 Å². The molecule has 0 saturated carbocycles. The lowest BCUT2D eigenvalue weighted by Crippen LogP contribution is -2.25. The van der Waals surface area contributed by atoms with Gasteiger partial charge in [-0.3, -0.25) is 4.57 Å². The summed E-state index contributed by atoms with van der Waals surface area (Å²) >= 11 is 0. The first kappa shape index (κ1) is 47.2. The zero-order valence-corrected chi connectivity index (χ0v) is 44.9. The smallest absolute Gasteiger partial charge is 0.137 e. The molecule has 5 nitrogen and oxygen atoms in total. The van der Waals surface area contributed by atoms with Gasteiger partial charge in [-0.2, -0.15) is 0 Å². The molecule has 0 amide bonds. The van der Waals surface area contributed by atoms with Crippen LogP contribution < -0.4 is 14.5 Å². The SMILES string of the molecule is CC(C)(C)c1cccc(-c2cccc(-c3cc(C(C)(C)C)cc(C(C)(C)C)c3)c2N2CN(c3cccc(Oc4cc5c6c7c(cccc7n(-c7cc(C(C)(C)C)ccn7)c6c4)C5(C)C)c3)c3ccccc32)c1. The lowest BCUT2D eigenvalue weighted by molar-refractivity contribution is 0.481. The van der Waals surface area contributed by atoms with E-state index >= 15 is 0 Å². The number of benzene rings is 7. The third-order valence-electron chi connectivity index (χ3n) is 15.5. The summed E-state index contributed by atoms with van der Waals surface area (Å²) in [6.07, 6.45) is 1.95. The molecule has 0 saturated heterocycles. The van der Waals surface area contributed by atoms with Crippen LogP contribution in [0.1, 0.15) is 130 Å². The van der Waals surface area contributed by atoms with Crippen LogP contribution in [0.4, 0.5) is 22.7 Å². The molecule has 0 radical (unpaired) electrons. The van der Waals surface area contributed by atoms with Crippen LogP contribution in [0, 0.1) is 0 Å². The maximum absolute atomic E-state index is 7.07. The van der Waals surface area contributed by atoms with Gasteiger partial charge in [-0.1, -0.05) is 188 Å². The molecule has 0 atom stereocenters. The molecule has 11 rings (SSSR count). The number of ether oxygens (including phenoxy) is 1. The number of para-hydroxylation sites is 3. The van der Waals surface area contributed by atoms with Gasteiger partial charge < -0.3 is 14.5 Å². The molecule has 7 aromatic carbocycles. The van der Waals surface area contributed by atoms with Crippen molar-refractivity contribution in [3.8, 4) is 39.6 Å². The van der Waals surface area contributed by atoms with Gasteiger partial charge in [0.15, 0.2) is 0 Å². The fourth-order valence-corrected chi connectivity index (χ4v) is 11.2. The largest absolute Gasteiger partial charge is 0.457 e. The molecular formula is C67H70N4O. The number of anilines is 4. The molecule has 2 aromatic heterocycles. The van der Waals surface area contributed by atoms with Crippen molar-refractivity contribution in [2.24, 2.45) is 0 Å². The van der Waals surface area contributed by atoms with Crippen LogP contribution in [-0.2, 0) is 27.1 Å². The topological polar surface area (TPSA) is 33.5 Å². The van der Waals surface area contributed by atoms with Gasteiger partial charge in [0.1, 0.15) is 24.0 Å². The summed E-state index contributed by atoms with van der Waals surface area (Å²) in [6.45, 7) is 32.9. The van der Waals surface area contributed by atoms with Crippen molar-refractivity contribution in [1.82, 2.24) is 9.55 Å². The molecule has 3 heterocycles. The summed E-state index contributed by atoms with van der Waals surface area (Å²) in [6, 6.07) is 56.5. The van der Waals surface area contributed by atoms with Crippen LogP contribution in [0.2, 0.25) is 0 Å². The second-order valence-electron chi connectivity index (χ2n) is 25.1. The van der Waals surface area contributed by atoms with Crippen molar-refractivity contribution >= 4 is 44.6 Å². The highest BCUT2D eigenvalue weighted by Gasteiger charge is 2.38. The van der Waals surface area contributed by atoms with Gasteiger partial charge in [-0.05, 0) is 115 Å². The van der Waals surface area contributed by atoms with E-state index in [9.17, 15) is 0 Å². The number of pyridine rings is 1. The molecule has 0 bridgehead atoms. The van der Waals surface area contributed by atoms with Crippen molar-refractivity contribution in [3.05, 3.63) is 191 Å². The first-order valence-electron chi connectivity index (χ1n) is 25.9. The van der Waals surface area contributed by atoms with Crippen molar-refractivity contribution in [2.45, 2.75) is 124 Å². The predicted molar refractivity (Wildman–Crippen MR) is 305 cm³/mol. The molecule has 5 heteroatoms. The van der Waals surface area contributed by atoms with Gasteiger partial charge in [0.25, 0.3) is 0 Å². The minimum atomic E-state index is -0.197. The van der Waals surface area contributed by atoms with Crippen LogP contribution >= 0.6 is 0 Å². The van der Waals surface area contributed by atoms with Crippen LogP contribution in [-0.4, -0.2) is 16.2 Å². The number of fused-ring (bicyclic) bond motifs is 1. The summed E-state index contributed by atoms with van der Waals surface area (Å²) < 4.78 is 9.41. The molecule has 9 aromatic rings. The van der Waals surface area contributed by atoms with E-state index in [0.717, 1.165) is 34.2 Å². The Kier molecular flexibility index (Phi) is 10.8. The highest BCUT2D eigenvalue weighted by atomic mass is 16.5. The van der Waals surface area contributed by atoms with Gasteiger partial charge in [0, 0.05) is 51.3 Å². The molecular weight excluding hydrogens is 877 g/mol. The minimum absolute atomic E-state index is 0.00274. The zero-order chi connectivity index (χ0) is 50.9. The Balaban J connectivity index is 1.03. The predicted octanol–water partition coefficient (Wildman–Crippen LogP) is 18.4. The number of aromatic nitrogens is 2. The van der Waals surface area contributed by atoms with Gasteiger partial charge in [0.2, 0.25) is 0 Å². The summed E-state index contributed by atoms with van der Waals surface area (Å²) in [5.41, 5.74) is 19.3. The summed E-state index contributed by atoms with van der Waals surface area (Å²) in [4.78, 5) is 9.99. The summed E-state index contributed by atoms with van der Waals surface area (Å²) in [7, 11) is 0. The van der Waals surface area contributed by atoms with Crippen molar-refractivity contribution < 1.29 is 4.74 Å². The van der Waals surface area contributed by atoms with Gasteiger partial charge in [0.05, 0.1) is 28.1 Å². The third-order valence-corrected chi connectivity index (χ3v) is 15.5. The molecule has 0 unspecified atom stereocenters. The number of hydrogen-bond donors (Lipinski definition) is 0. The normalized spacial score (nSPS) is 14.5. The Labute approximate surface area is 428 Å². The third kappa shape index (κ3) is 7.97. The molecule has 0 fully saturated rings. The van der Waals surface area contributed by atoms with Crippen molar-refractivity contribution in [1.29, 1.82) is 0 Å². The maximum atomic E-state index is 7.07. The number of hydrogen-bond acceptors (Lipinski definition) is 4. The van der Waals surface area contributed by atoms with E-state index in [1.165, 1.54) is 83.3 Å². The molecule has 0 spiro atoms. The lowest BCUT2D eigenvalue weighted by Gasteiger charge is -2.30. The Morgan fingerprint density at radius 2 is 1.04 bits per heavy atom. The number of nitrogens with zero attached hydrogens (tertiary/aromatic N) is 4. The monoisotopic (exact) mass is 947 g/mol. The Morgan fingerprint density at radius 1 is 0.458 bits per heavy atom. The van der Waals surface area contributed by atoms with Crippen LogP contribution in [0.15, 0.2) is 158 Å². The van der Waals surface area contributed by atoms with Gasteiger partial charge in [-0.25, -0.2) is 4.98 Å².